The summed E-state index contributed by atoms with van der Waals surface area (Å²) in [5.41, 5.74) is 1.27. The summed E-state index contributed by atoms with van der Waals surface area (Å²) in [5.74, 6) is -0.469. The van der Waals surface area contributed by atoms with E-state index in [1.807, 2.05) is 31.2 Å². The molecule has 0 saturated carbocycles. The second-order valence-corrected chi connectivity index (χ2v) is 8.92. The number of carboxylic acids is 1. The van der Waals surface area contributed by atoms with Crippen molar-refractivity contribution >= 4 is 29.4 Å². The quantitative estimate of drug-likeness (QED) is 0.356. The summed E-state index contributed by atoms with van der Waals surface area (Å²) in [6, 6.07) is 11.2. The Kier molecular flexibility index (Phi) is 7.79. The molecule has 1 saturated heterocycles. The van der Waals surface area contributed by atoms with E-state index in [1.165, 1.54) is 36.1 Å². The molecule has 0 aromatic heterocycles. The van der Waals surface area contributed by atoms with Crippen molar-refractivity contribution in [2.24, 2.45) is 0 Å². The maximum Gasteiger partial charge on any atom is 0.335 e. The lowest BCUT2D eigenvalue weighted by Crippen LogP contribution is -2.49. The predicted octanol–water partition coefficient (Wildman–Crippen LogP) is 3.75. The van der Waals surface area contributed by atoms with Crippen LogP contribution < -0.4 is 15.0 Å². The van der Waals surface area contributed by atoms with Crippen molar-refractivity contribution in [3.05, 3.63) is 75.5 Å². The molecule has 2 N–H and O–H groups in total. The van der Waals surface area contributed by atoms with E-state index >= 15 is 0 Å². The number of benzene rings is 2. The van der Waals surface area contributed by atoms with Gasteiger partial charge in [-0.25, -0.2) is 14.4 Å². The predicted molar refractivity (Wildman–Crippen MR) is 138 cm³/mol. The van der Waals surface area contributed by atoms with Gasteiger partial charge in [-0.15, -0.1) is 0 Å². The average Bonchev–Trinajstić information content (AvgIpc) is 3.25. The number of rotatable bonds is 10. The first kappa shape index (κ1) is 26.5. The van der Waals surface area contributed by atoms with Crippen LogP contribution in [0.1, 0.15) is 31.9 Å². The van der Waals surface area contributed by atoms with E-state index in [2.05, 4.69) is 5.32 Å². The van der Waals surface area contributed by atoms with Gasteiger partial charge in [0.1, 0.15) is 5.75 Å². The summed E-state index contributed by atoms with van der Waals surface area (Å²) >= 11 is 0. The van der Waals surface area contributed by atoms with Gasteiger partial charge in [-0.2, -0.15) is 0 Å². The summed E-state index contributed by atoms with van der Waals surface area (Å²) < 4.78 is 5.46. The molecule has 0 spiro atoms. The molecular formula is C26H29N5O7. The van der Waals surface area contributed by atoms with Crippen LogP contribution in [0, 0.1) is 10.1 Å². The number of nitrogens with zero attached hydrogens (tertiary/aromatic N) is 4. The molecule has 2 aromatic rings. The van der Waals surface area contributed by atoms with Crippen molar-refractivity contribution < 1.29 is 29.2 Å². The Bertz CT molecular complexity index is 1260. The normalized spacial score (nSPS) is 17.6. The summed E-state index contributed by atoms with van der Waals surface area (Å²) in [6.07, 6.45) is 0.408. The van der Waals surface area contributed by atoms with Gasteiger partial charge in [0, 0.05) is 49.7 Å². The number of allylic oxidation sites excluding steroid dienone is 1. The SMILES string of the molecule is CCOc1ccc(N2CCN(CCCN3C(=O)NC(C)=C(C(=O)O)C3c3ccc([N+](=O)[O-])cc3)C2=O)cc1. The minimum Gasteiger partial charge on any atom is -0.494 e. The molecular weight excluding hydrogens is 494 g/mol. The summed E-state index contributed by atoms with van der Waals surface area (Å²) in [5, 5.41) is 23.6. The third-order valence-corrected chi connectivity index (χ3v) is 6.58. The van der Waals surface area contributed by atoms with Crippen molar-refractivity contribution in [1.82, 2.24) is 15.1 Å². The molecule has 200 valence electrons. The molecule has 2 heterocycles. The molecule has 1 unspecified atom stereocenters. The molecule has 12 nitrogen and oxygen atoms in total. The monoisotopic (exact) mass is 523 g/mol. The fraction of sp³-hybridized carbons (Fsp3) is 0.346. The Balaban J connectivity index is 1.46. The van der Waals surface area contributed by atoms with Crippen molar-refractivity contribution in [2.45, 2.75) is 26.3 Å². The van der Waals surface area contributed by atoms with Crippen LogP contribution in [0.2, 0.25) is 0 Å². The van der Waals surface area contributed by atoms with E-state index in [1.54, 1.807) is 9.80 Å². The molecule has 0 aliphatic carbocycles. The van der Waals surface area contributed by atoms with Crippen molar-refractivity contribution in [3.63, 3.8) is 0 Å². The van der Waals surface area contributed by atoms with Crippen molar-refractivity contribution in [1.29, 1.82) is 0 Å². The molecule has 2 aliphatic rings. The van der Waals surface area contributed by atoms with Crippen LogP contribution >= 0.6 is 0 Å². The molecule has 1 atom stereocenters. The maximum absolute atomic E-state index is 13.0. The Morgan fingerprint density at radius 3 is 2.39 bits per heavy atom. The van der Waals surface area contributed by atoms with Gasteiger partial charge in [0.2, 0.25) is 0 Å². The van der Waals surface area contributed by atoms with Crippen molar-refractivity contribution in [2.75, 3.05) is 37.7 Å². The third-order valence-electron chi connectivity index (χ3n) is 6.58. The van der Waals surface area contributed by atoms with Gasteiger partial charge in [0.25, 0.3) is 5.69 Å². The molecule has 2 aromatic carbocycles. The fourth-order valence-electron chi connectivity index (χ4n) is 4.76. The molecule has 2 aliphatic heterocycles. The first-order valence-corrected chi connectivity index (χ1v) is 12.3. The Morgan fingerprint density at radius 2 is 1.79 bits per heavy atom. The minimum absolute atomic E-state index is 0.0163. The molecule has 4 amide bonds. The lowest BCUT2D eigenvalue weighted by Gasteiger charge is -2.37. The first-order chi connectivity index (χ1) is 18.2. The fourth-order valence-corrected chi connectivity index (χ4v) is 4.76. The smallest absolute Gasteiger partial charge is 0.335 e. The summed E-state index contributed by atoms with van der Waals surface area (Å²) in [4.78, 5) is 53.3. The zero-order chi connectivity index (χ0) is 27.4. The van der Waals surface area contributed by atoms with E-state index in [9.17, 15) is 29.6 Å². The third kappa shape index (κ3) is 5.38. The number of urea groups is 2. The lowest BCUT2D eigenvalue weighted by molar-refractivity contribution is -0.384. The van der Waals surface area contributed by atoms with Crippen LogP contribution in [0.5, 0.6) is 5.75 Å². The second kappa shape index (κ2) is 11.2. The lowest BCUT2D eigenvalue weighted by atomic mass is 9.93. The summed E-state index contributed by atoms with van der Waals surface area (Å²) in [7, 11) is 0. The van der Waals surface area contributed by atoms with Crippen LogP contribution in [-0.4, -0.2) is 70.6 Å². The number of ether oxygens (including phenoxy) is 1. The highest BCUT2D eigenvalue weighted by Gasteiger charge is 2.38. The Labute approximate surface area is 219 Å². The number of amides is 4. The van der Waals surface area contributed by atoms with E-state index < -0.39 is 23.0 Å². The van der Waals surface area contributed by atoms with Gasteiger partial charge in [-0.3, -0.25) is 15.0 Å². The largest absolute Gasteiger partial charge is 0.494 e. The number of non-ortho nitro benzene ring substituents is 1. The van der Waals surface area contributed by atoms with Gasteiger partial charge >= 0.3 is 18.0 Å². The Morgan fingerprint density at radius 1 is 1.11 bits per heavy atom. The maximum atomic E-state index is 13.0. The standard InChI is InChI=1S/C26H29N5O7/c1-3-38-21-11-9-19(10-12-21)29-16-15-28(26(29)35)13-4-14-30-23(18-5-7-20(8-6-18)31(36)37)22(24(32)33)17(2)27-25(30)34/h5-12,23H,3-4,13-16H2,1-2H3,(H,27,34)(H,32,33). The van der Waals surface area contributed by atoms with Crippen LogP contribution in [0.4, 0.5) is 21.0 Å². The number of hydrogen-bond donors (Lipinski definition) is 2. The number of carbonyl (C=O) groups is 3. The number of aliphatic carboxylic acids is 1. The molecule has 38 heavy (non-hydrogen) atoms. The topological polar surface area (TPSA) is 146 Å². The van der Waals surface area contributed by atoms with Crippen molar-refractivity contribution in [3.8, 4) is 5.75 Å². The van der Waals surface area contributed by atoms with E-state index in [4.69, 9.17) is 4.74 Å². The average molecular weight is 524 g/mol. The van der Waals surface area contributed by atoms with Gasteiger partial charge in [0.05, 0.1) is 23.1 Å². The highest BCUT2D eigenvalue weighted by molar-refractivity contribution is 5.94. The van der Waals surface area contributed by atoms with Crippen LogP contribution in [0.15, 0.2) is 59.8 Å². The number of nitrogens with one attached hydrogen (secondary N) is 1. The summed E-state index contributed by atoms with van der Waals surface area (Å²) in [6.45, 7) is 5.54. The first-order valence-electron chi connectivity index (χ1n) is 12.3. The zero-order valence-electron chi connectivity index (χ0n) is 21.1. The molecule has 0 bridgehead atoms. The Hall–Kier alpha value is -4.61. The van der Waals surface area contributed by atoms with Gasteiger partial charge in [0.15, 0.2) is 0 Å². The number of nitro groups is 1. The molecule has 4 rings (SSSR count). The highest BCUT2D eigenvalue weighted by atomic mass is 16.6. The minimum atomic E-state index is -1.20. The van der Waals surface area contributed by atoms with E-state index in [0.717, 1.165) is 11.4 Å². The molecule has 1 fully saturated rings. The number of anilines is 1. The van der Waals surface area contributed by atoms with Crippen LogP contribution in [0.25, 0.3) is 0 Å². The van der Waals surface area contributed by atoms with E-state index in [-0.39, 0.29) is 29.5 Å². The zero-order valence-corrected chi connectivity index (χ0v) is 21.1. The van der Waals surface area contributed by atoms with E-state index in [0.29, 0.717) is 38.2 Å². The van der Waals surface area contributed by atoms with Gasteiger partial charge < -0.3 is 25.0 Å². The van der Waals surface area contributed by atoms with Gasteiger partial charge in [-0.05, 0) is 62.2 Å². The number of carbonyl (C=O) groups excluding carboxylic acids is 2. The number of nitro benzene ring substituents is 1. The van der Waals surface area contributed by atoms with Crippen LogP contribution in [0.3, 0.4) is 0 Å². The van der Waals surface area contributed by atoms with Crippen LogP contribution in [-0.2, 0) is 4.79 Å². The molecule has 12 heteroatoms. The molecule has 0 radical (unpaired) electrons. The number of hydrogen-bond acceptors (Lipinski definition) is 6. The second-order valence-electron chi connectivity index (χ2n) is 8.92. The number of carboxylic acid groups (broad SMARTS) is 1. The van der Waals surface area contributed by atoms with Gasteiger partial charge in [-0.1, -0.05) is 0 Å². The highest BCUT2D eigenvalue weighted by Crippen LogP contribution is 2.34.